The highest BCUT2D eigenvalue weighted by Gasteiger charge is 2.51. The van der Waals surface area contributed by atoms with Gasteiger partial charge in [-0.3, -0.25) is 4.79 Å². The van der Waals surface area contributed by atoms with Crippen molar-refractivity contribution in [2.24, 2.45) is 0 Å². The van der Waals surface area contributed by atoms with E-state index in [0.717, 1.165) is 0 Å². The van der Waals surface area contributed by atoms with Gasteiger partial charge in [-0.15, -0.1) is 11.8 Å². The van der Waals surface area contributed by atoms with Gasteiger partial charge in [-0.1, -0.05) is 0 Å². The molecule has 0 aromatic rings. The fourth-order valence-corrected chi connectivity index (χ4v) is 3.52. The van der Waals surface area contributed by atoms with Gasteiger partial charge in [0.1, 0.15) is 12.1 Å². The quantitative estimate of drug-likeness (QED) is 0.437. The van der Waals surface area contributed by atoms with Crippen molar-refractivity contribution in [1.82, 2.24) is 5.32 Å². The van der Waals surface area contributed by atoms with Crippen molar-refractivity contribution in [1.29, 1.82) is 0 Å². The maximum atomic E-state index is 11.0. The molecule has 0 saturated carbocycles. The Labute approximate surface area is 108 Å². The number of ether oxygens (including phenoxy) is 2. The number of rotatable bonds is 2. The summed E-state index contributed by atoms with van der Waals surface area (Å²) in [6.07, 6.45) is -1.72. The van der Waals surface area contributed by atoms with Crippen LogP contribution in [-0.2, 0) is 14.3 Å². The number of esters is 1. The minimum atomic E-state index is -0.952. The Morgan fingerprint density at radius 1 is 1.71 bits per heavy atom. The van der Waals surface area contributed by atoms with E-state index in [1.807, 2.05) is 0 Å². The summed E-state index contributed by atoms with van der Waals surface area (Å²) in [5, 5.41) is 21.8. The second kappa shape index (κ2) is 4.97. The van der Waals surface area contributed by atoms with Crippen LogP contribution in [0.25, 0.3) is 0 Å². The van der Waals surface area contributed by atoms with Gasteiger partial charge in [-0.2, -0.15) is 0 Å². The number of nitrogens with one attached hydrogen (secondary N) is 1. The number of thioether (sulfide) groups is 1. The summed E-state index contributed by atoms with van der Waals surface area (Å²) in [6, 6.07) is -0.380. The molecule has 0 aliphatic carbocycles. The smallest absolute Gasteiger partial charge is 0.303 e. The number of aliphatic hydroxyl groups is 2. The number of carbonyl (C=O) groups is 1. The van der Waals surface area contributed by atoms with Gasteiger partial charge in [0.25, 0.3) is 5.17 Å². The van der Waals surface area contributed by atoms with Crippen molar-refractivity contribution < 1.29 is 24.5 Å². The third kappa shape index (κ3) is 2.49. The van der Waals surface area contributed by atoms with E-state index in [1.54, 1.807) is 0 Å². The topological polar surface area (TPSA) is 88.0 Å². The first-order valence-corrected chi connectivity index (χ1v) is 6.47. The summed E-state index contributed by atoms with van der Waals surface area (Å²) in [5.74, 6) is -0.490. The summed E-state index contributed by atoms with van der Waals surface area (Å²) in [4.78, 5) is 11.0. The Morgan fingerprint density at radius 2 is 2.41 bits per heavy atom. The summed E-state index contributed by atoms with van der Waals surface area (Å²) in [7, 11) is 0. The van der Waals surface area contributed by atoms with Gasteiger partial charge in [0.15, 0.2) is 11.5 Å². The van der Waals surface area contributed by atoms with Gasteiger partial charge < -0.3 is 25.0 Å². The third-order valence-electron chi connectivity index (χ3n) is 2.66. The number of carbonyl (C=O) groups excluding carboxylic acids is 1. The van der Waals surface area contributed by atoms with Gasteiger partial charge in [-0.25, -0.2) is 0 Å². The first kappa shape index (κ1) is 12.9. The number of aliphatic hydroxyl groups excluding tert-OH is 2. The zero-order valence-corrected chi connectivity index (χ0v) is 10.7. The maximum absolute atomic E-state index is 11.0. The Balaban J connectivity index is 2.18. The molecule has 0 aromatic heterocycles. The SMILES string of the molecule is CC(=O)O[C@H]1[C@H](O)[C@@H](CO)S[C@@H]2OC(=S)N[C@H]12. The predicted molar refractivity (Wildman–Crippen MR) is 64.4 cm³/mol. The van der Waals surface area contributed by atoms with Crippen LogP contribution in [0.4, 0.5) is 0 Å². The molecule has 0 amide bonds. The summed E-state index contributed by atoms with van der Waals surface area (Å²) < 4.78 is 10.4. The summed E-state index contributed by atoms with van der Waals surface area (Å²) in [6.45, 7) is 1.05. The van der Waals surface area contributed by atoms with Crippen molar-refractivity contribution in [3.63, 3.8) is 0 Å². The van der Waals surface area contributed by atoms with E-state index in [4.69, 9.17) is 26.8 Å². The molecule has 0 radical (unpaired) electrons. The molecule has 8 heteroatoms. The number of thiocarbonyl (C=S) groups is 1. The fraction of sp³-hybridized carbons (Fsp3) is 0.778. The van der Waals surface area contributed by atoms with E-state index in [0.29, 0.717) is 0 Å². The molecule has 2 aliphatic heterocycles. The van der Waals surface area contributed by atoms with Crippen LogP contribution in [0.1, 0.15) is 6.92 Å². The highest BCUT2D eigenvalue weighted by atomic mass is 32.2. The molecular formula is C9H13NO5S2. The normalized spacial score (nSPS) is 40.2. The highest BCUT2D eigenvalue weighted by molar-refractivity contribution is 8.00. The van der Waals surface area contributed by atoms with Crippen molar-refractivity contribution in [3.8, 4) is 0 Å². The van der Waals surface area contributed by atoms with E-state index in [-0.39, 0.29) is 23.3 Å². The first-order valence-electron chi connectivity index (χ1n) is 5.11. The second-order valence-electron chi connectivity index (χ2n) is 3.87. The van der Waals surface area contributed by atoms with Crippen LogP contribution in [0.3, 0.4) is 0 Å². The predicted octanol–water partition coefficient (Wildman–Crippen LogP) is -1.01. The van der Waals surface area contributed by atoms with Crippen LogP contribution in [0.2, 0.25) is 0 Å². The molecule has 17 heavy (non-hydrogen) atoms. The summed E-state index contributed by atoms with van der Waals surface area (Å²) >= 11 is 6.16. The summed E-state index contributed by atoms with van der Waals surface area (Å²) in [5.41, 5.74) is -0.354. The third-order valence-corrected chi connectivity index (χ3v) is 4.31. The van der Waals surface area contributed by atoms with E-state index in [2.05, 4.69) is 5.32 Å². The van der Waals surface area contributed by atoms with Gasteiger partial charge in [0.2, 0.25) is 0 Å². The molecule has 2 saturated heterocycles. The maximum Gasteiger partial charge on any atom is 0.303 e. The standard InChI is InChI=1S/C9H13NO5S2/c1-3(12)14-7-5-8(15-9(16)10-5)17-4(2-11)6(7)13/h4-8,11,13H,2H2,1H3,(H,10,16)/t4-,5-,6-,7-,8+/m1/s1. The monoisotopic (exact) mass is 279 g/mol. The lowest BCUT2D eigenvalue weighted by molar-refractivity contribution is -0.155. The Kier molecular flexibility index (Phi) is 3.76. The van der Waals surface area contributed by atoms with Crippen molar-refractivity contribution >= 4 is 35.1 Å². The molecule has 0 bridgehead atoms. The molecule has 2 rings (SSSR count). The average molecular weight is 279 g/mol. The Morgan fingerprint density at radius 3 is 3.00 bits per heavy atom. The Bertz CT molecular complexity index is 339. The van der Waals surface area contributed by atoms with Gasteiger partial charge >= 0.3 is 5.97 Å². The number of hydrogen-bond donors (Lipinski definition) is 3. The molecule has 96 valence electrons. The zero-order valence-electron chi connectivity index (χ0n) is 9.03. The van der Waals surface area contributed by atoms with Crippen LogP contribution in [0, 0.1) is 0 Å². The molecular weight excluding hydrogens is 266 g/mol. The molecule has 0 aromatic carbocycles. The molecule has 6 nitrogen and oxygen atoms in total. The lowest BCUT2D eigenvalue weighted by Crippen LogP contribution is -2.57. The van der Waals surface area contributed by atoms with Crippen LogP contribution in [0.15, 0.2) is 0 Å². The van der Waals surface area contributed by atoms with E-state index >= 15 is 0 Å². The van der Waals surface area contributed by atoms with Crippen LogP contribution >= 0.6 is 24.0 Å². The molecule has 0 spiro atoms. The van der Waals surface area contributed by atoms with Gasteiger partial charge in [0, 0.05) is 6.92 Å². The molecule has 2 fully saturated rings. The number of fused-ring (bicyclic) bond motifs is 1. The molecule has 2 aliphatic rings. The lowest BCUT2D eigenvalue weighted by atomic mass is 10.0. The molecule has 0 unspecified atom stereocenters. The average Bonchev–Trinajstić information content (AvgIpc) is 2.62. The van der Waals surface area contributed by atoms with E-state index in [1.165, 1.54) is 18.7 Å². The van der Waals surface area contributed by atoms with Crippen molar-refractivity contribution in [2.75, 3.05) is 6.61 Å². The Hall–Kier alpha value is -0.570. The van der Waals surface area contributed by atoms with Gasteiger partial charge in [0.05, 0.1) is 11.9 Å². The lowest BCUT2D eigenvalue weighted by Gasteiger charge is -2.38. The molecule has 5 atom stereocenters. The van der Waals surface area contributed by atoms with E-state index < -0.39 is 23.4 Å². The van der Waals surface area contributed by atoms with Crippen LogP contribution in [-0.4, -0.2) is 56.9 Å². The molecule has 2 heterocycles. The molecule has 3 N–H and O–H groups in total. The van der Waals surface area contributed by atoms with Crippen LogP contribution < -0.4 is 5.32 Å². The second-order valence-corrected chi connectivity index (χ2v) is 5.58. The van der Waals surface area contributed by atoms with Gasteiger partial charge in [-0.05, 0) is 12.2 Å². The first-order chi connectivity index (χ1) is 8.02. The largest absolute Gasteiger partial charge is 0.457 e. The van der Waals surface area contributed by atoms with Crippen molar-refractivity contribution in [2.45, 2.75) is 35.9 Å². The minimum absolute atomic E-state index is 0.218. The minimum Gasteiger partial charge on any atom is -0.457 e. The highest BCUT2D eigenvalue weighted by Crippen LogP contribution is 2.37. The fourth-order valence-electron chi connectivity index (χ4n) is 1.93. The van der Waals surface area contributed by atoms with E-state index in [9.17, 15) is 9.90 Å². The zero-order chi connectivity index (χ0) is 12.6. The number of hydrogen-bond acceptors (Lipinski definition) is 7. The van der Waals surface area contributed by atoms with Crippen molar-refractivity contribution in [3.05, 3.63) is 0 Å². The van der Waals surface area contributed by atoms with Crippen LogP contribution in [0.5, 0.6) is 0 Å².